The molecule has 0 amide bonds. The Morgan fingerprint density at radius 1 is 1.17 bits per heavy atom. The van der Waals surface area contributed by atoms with Crippen molar-refractivity contribution in [2.45, 2.75) is 38.2 Å². The van der Waals surface area contributed by atoms with Crippen LogP contribution in [-0.4, -0.2) is 30.8 Å². The van der Waals surface area contributed by atoms with Gasteiger partial charge in [0, 0.05) is 11.8 Å². The van der Waals surface area contributed by atoms with E-state index < -0.39 is 0 Å². The third-order valence-electron chi connectivity index (χ3n) is 4.02. The summed E-state index contributed by atoms with van der Waals surface area (Å²) in [4.78, 5) is 7.98. The summed E-state index contributed by atoms with van der Waals surface area (Å²) >= 11 is 6.07. The van der Waals surface area contributed by atoms with Crippen molar-refractivity contribution in [3.63, 3.8) is 0 Å². The van der Waals surface area contributed by atoms with Crippen LogP contribution in [0.3, 0.4) is 0 Å². The Kier molecular flexibility index (Phi) is 5.27. The number of nitrogens with zero attached hydrogens (tertiary/aromatic N) is 4. The number of aliphatic hydroxyl groups is 1. The van der Waals surface area contributed by atoms with Gasteiger partial charge in [-0.1, -0.05) is 36.9 Å². The highest BCUT2D eigenvalue weighted by atomic mass is 35.5. The number of nitrogen functional groups attached to an aromatic ring is 1. The van der Waals surface area contributed by atoms with Crippen molar-refractivity contribution in [1.29, 1.82) is 0 Å². The second-order valence-electron chi connectivity index (χ2n) is 5.81. The highest BCUT2D eigenvalue weighted by Crippen LogP contribution is 2.28. The number of aliphatic hydroxyl groups excluding tert-OH is 1. The molecular weight excluding hydrogens is 326 g/mol. The Bertz CT molecular complexity index is 814. The molecule has 126 valence electrons. The Morgan fingerprint density at radius 2 is 1.96 bits per heavy atom. The molecule has 1 fully saturated rings. The zero-order valence-electron chi connectivity index (χ0n) is 13.3. The second kappa shape index (κ2) is 7.59. The van der Waals surface area contributed by atoms with Crippen LogP contribution in [0.1, 0.15) is 32.1 Å². The summed E-state index contributed by atoms with van der Waals surface area (Å²) in [5.74, 6) is 0.194. The maximum atomic E-state index is 8.91. The molecule has 24 heavy (non-hydrogen) atoms. The number of rotatable bonds is 1. The molecule has 1 aliphatic rings. The minimum Gasteiger partial charge on any atom is -0.393 e. The maximum absolute atomic E-state index is 8.91. The van der Waals surface area contributed by atoms with Crippen LogP contribution in [0.25, 0.3) is 16.8 Å². The van der Waals surface area contributed by atoms with Gasteiger partial charge in [-0.25, -0.2) is 14.5 Å². The molecule has 0 unspecified atom stereocenters. The molecular formula is C17H20ClN5O. The van der Waals surface area contributed by atoms with E-state index in [0.29, 0.717) is 10.7 Å². The van der Waals surface area contributed by atoms with E-state index in [1.807, 2.05) is 24.4 Å². The first-order chi connectivity index (χ1) is 11.6. The monoisotopic (exact) mass is 345 g/mol. The molecule has 0 aromatic carbocycles. The first-order valence-electron chi connectivity index (χ1n) is 8.04. The summed E-state index contributed by atoms with van der Waals surface area (Å²) in [5, 5.41) is 13.6. The van der Waals surface area contributed by atoms with Crippen LogP contribution in [0.15, 0.2) is 36.8 Å². The minimum absolute atomic E-state index is 0.0359. The normalized spacial score (nSPS) is 15.1. The SMILES string of the molecule is Nc1ncc(Cl)c(-c2cnn3ccccc23)n1.OC1CCCCC1. The molecule has 7 heteroatoms. The van der Waals surface area contributed by atoms with Crippen molar-refractivity contribution in [2.75, 3.05) is 5.73 Å². The van der Waals surface area contributed by atoms with Crippen molar-refractivity contribution in [2.24, 2.45) is 0 Å². The van der Waals surface area contributed by atoms with E-state index in [0.717, 1.165) is 23.9 Å². The van der Waals surface area contributed by atoms with Gasteiger partial charge in [-0.15, -0.1) is 0 Å². The fraction of sp³-hybridized carbons (Fsp3) is 0.353. The van der Waals surface area contributed by atoms with Gasteiger partial charge in [-0.05, 0) is 25.0 Å². The Hall–Kier alpha value is -2.18. The topological polar surface area (TPSA) is 89.3 Å². The minimum atomic E-state index is 0.0359. The predicted molar refractivity (Wildman–Crippen MR) is 94.7 cm³/mol. The van der Waals surface area contributed by atoms with Crippen molar-refractivity contribution < 1.29 is 5.11 Å². The molecule has 0 radical (unpaired) electrons. The van der Waals surface area contributed by atoms with E-state index in [4.69, 9.17) is 22.4 Å². The Labute approximate surface area is 145 Å². The Morgan fingerprint density at radius 3 is 2.67 bits per heavy atom. The highest BCUT2D eigenvalue weighted by Gasteiger charge is 2.12. The fourth-order valence-electron chi connectivity index (χ4n) is 2.77. The summed E-state index contributed by atoms with van der Waals surface area (Å²) < 4.78 is 1.75. The van der Waals surface area contributed by atoms with Gasteiger partial charge in [0.1, 0.15) is 0 Å². The molecule has 0 aliphatic heterocycles. The highest BCUT2D eigenvalue weighted by molar-refractivity contribution is 6.33. The van der Waals surface area contributed by atoms with Crippen LogP contribution < -0.4 is 5.73 Å². The van der Waals surface area contributed by atoms with Gasteiger partial charge in [0.05, 0.1) is 34.7 Å². The number of pyridine rings is 1. The molecule has 0 spiro atoms. The predicted octanol–water partition coefficient (Wildman–Crippen LogP) is 3.34. The average molecular weight is 346 g/mol. The molecule has 0 atom stereocenters. The third-order valence-corrected chi connectivity index (χ3v) is 4.30. The summed E-state index contributed by atoms with van der Waals surface area (Å²) in [6, 6.07) is 5.77. The molecule has 6 nitrogen and oxygen atoms in total. The fourth-order valence-corrected chi connectivity index (χ4v) is 2.96. The van der Waals surface area contributed by atoms with Crippen LogP contribution in [0.5, 0.6) is 0 Å². The zero-order valence-corrected chi connectivity index (χ0v) is 14.0. The van der Waals surface area contributed by atoms with Gasteiger partial charge in [0.25, 0.3) is 0 Å². The molecule has 1 saturated carbocycles. The Balaban J connectivity index is 0.000000203. The largest absolute Gasteiger partial charge is 0.393 e. The molecule has 3 aromatic rings. The molecule has 3 heterocycles. The van der Waals surface area contributed by atoms with Crippen LogP contribution >= 0.6 is 11.6 Å². The lowest BCUT2D eigenvalue weighted by Gasteiger charge is -2.14. The van der Waals surface area contributed by atoms with Crippen molar-refractivity contribution >= 4 is 23.1 Å². The number of aromatic nitrogens is 4. The van der Waals surface area contributed by atoms with Gasteiger partial charge < -0.3 is 10.8 Å². The molecule has 0 saturated heterocycles. The van der Waals surface area contributed by atoms with E-state index in [9.17, 15) is 0 Å². The van der Waals surface area contributed by atoms with Crippen LogP contribution in [0.4, 0.5) is 5.95 Å². The maximum Gasteiger partial charge on any atom is 0.220 e. The number of hydrogen-bond donors (Lipinski definition) is 2. The lowest BCUT2D eigenvalue weighted by Crippen LogP contribution is -2.09. The van der Waals surface area contributed by atoms with E-state index in [1.165, 1.54) is 25.5 Å². The zero-order chi connectivity index (χ0) is 16.9. The smallest absolute Gasteiger partial charge is 0.220 e. The van der Waals surface area contributed by atoms with Gasteiger partial charge >= 0.3 is 0 Å². The van der Waals surface area contributed by atoms with Crippen molar-refractivity contribution in [3.8, 4) is 11.3 Å². The number of anilines is 1. The van der Waals surface area contributed by atoms with Gasteiger partial charge in [-0.2, -0.15) is 5.10 Å². The molecule has 1 aliphatic carbocycles. The van der Waals surface area contributed by atoms with Gasteiger partial charge in [0.15, 0.2) is 0 Å². The van der Waals surface area contributed by atoms with E-state index in [2.05, 4.69) is 15.1 Å². The quantitative estimate of drug-likeness (QED) is 0.706. The first kappa shape index (κ1) is 16.7. The van der Waals surface area contributed by atoms with Crippen molar-refractivity contribution in [1.82, 2.24) is 19.6 Å². The lowest BCUT2D eigenvalue weighted by molar-refractivity contribution is 0.130. The van der Waals surface area contributed by atoms with E-state index in [1.54, 1.807) is 10.7 Å². The number of hydrogen-bond acceptors (Lipinski definition) is 5. The summed E-state index contributed by atoms with van der Waals surface area (Å²) in [6.45, 7) is 0. The van der Waals surface area contributed by atoms with Crippen LogP contribution in [0, 0.1) is 0 Å². The second-order valence-corrected chi connectivity index (χ2v) is 6.21. The van der Waals surface area contributed by atoms with E-state index >= 15 is 0 Å². The molecule has 4 rings (SSSR count). The van der Waals surface area contributed by atoms with Crippen LogP contribution in [-0.2, 0) is 0 Å². The third kappa shape index (κ3) is 3.83. The van der Waals surface area contributed by atoms with Gasteiger partial charge in [-0.3, -0.25) is 0 Å². The lowest BCUT2D eigenvalue weighted by atomic mass is 9.98. The summed E-state index contributed by atoms with van der Waals surface area (Å²) in [6.07, 6.45) is 11.0. The summed E-state index contributed by atoms with van der Waals surface area (Å²) in [5.41, 5.74) is 7.93. The number of fused-ring (bicyclic) bond motifs is 1. The standard InChI is InChI=1S/C11H8ClN5.C6H12O/c12-8-6-14-11(13)16-10(8)7-5-15-17-4-2-1-3-9(7)17;7-6-4-2-1-3-5-6/h1-6H,(H2,13,14,16);6-7H,1-5H2. The molecule has 3 N–H and O–H groups in total. The average Bonchev–Trinajstić information content (AvgIpc) is 3.02. The number of nitrogens with two attached hydrogens (primary N) is 1. The van der Waals surface area contributed by atoms with E-state index in [-0.39, 0.29) is 12.1 Å². The summed E-state index contributed by atoms with van der Waals surface area (Å²) in [7, 11) is 0. The first-order valence-corrected chi connectivity index (χ1v) is 8.42. The van der Waals surface area contributed by atoms with Gasteiger partial charge in [0.2, 0.25) is 5.95 Å². The molecule has 0 bridgehead atoms. The van der Waals surface area contributed by atoms with Crippen molar-refractivity contribution in [3.05, 3.63) is 41.8 Å². The number of halogens is 1. The molecule has 3 aromatic heterocycles. The van der Waals surface area contributed by atoms with Crippen LogP contribution in [0.2, 0.25) is 5.02 Å².